The minimum Gasteiger partial charge on any atom is -0.238 e. The van der Waals surface area contributed by atoms with Gasteiger partial charge in [0.2, 0.25) is 0 Å². The van der Waals surface area contributed by atoms with Crippen LogP contribution in [0.4, 0.5) is 13.2 Å². The van der Waals surface area contributed by atoms with Gasteiger partial charge in [-0.25, -0.2) is 9.97 Å². The smallest absolute Gasteiger partial charge is 0.238 e. The van der Waals surface area contributed by atoms with E-state index >= 15 is 0 Å². The Morgan fingerprint density at radius 1 is 0.955 bits per heavy atom. The summed E-state index contributed by atoms with van der Waals surface area (Å²) in [6.45, 7) is 0. The third-order valence-corrected chi connectivity index (χ3v) is 4.95. The molecule has 8 heteroatoms. The lowest BCUT2D eigenvalue weighted by Gasteiger charge is -2.06. The van der Waals surface area contributed by atoms with E-state index in [0.29, 0.717) is 22.1 Å². The van der Waals surface area contributed by atoms with Crippen molar-refractivity contribution in [2.75, 3.05) is 0 Å². The van der Waals surface area contributed by atoms with Gasteiger partial charge in [-0.1, -0.05) is 12.1 Å². The van der Waals surface area contributed by atoms with Crippen LogP contribution in [0.1, 0.15) is 11.3 Å². The third-order valence-electron chi connectivity index (χ3n) is 2.87. The molecule has 0 amide bonds. The summed E-state index contributed by atoms with van der Waals surface area (Å²) in [5, 5.41) is 5.11. The average molecular weight is 361 g/mol. The van der Waals surface area contributed by atoms with Gasteiger partial charge in [0, 0.05) is 16.3 Å². The molecule has 0 atom stereocenters. The largest absolute Gasteiger partial charge is 0.416 e. The van der Waals surface area contributed by atoms with Crippen molar-refractivity contribution in [1.29, 1.82) is 0 Å². The number of rotatable bonds is 3. The van der Waals surface area contributed by atoms with Crippen molar-refractivity contribution in [2.45, 2.75) is 12.1 Å². The first kappa shape index (κ1) is 15.5. The highest BCUT2D eigenvalue weighted by molar-refractivity contribution is 7.15. The average Bonchev–Trinajstić information content (AvgIpc) is 3.15. The van der Waals surface area contributed by atoms with Gasteiger partial charge >= 0.3 is 6.18 Å². The van der Waals surface area contributed by atoms with Crippen molar-refractivity contribution < 1.29 is 13.2 Å². The number of hydrogen-bond acceptors (Lipinski definition) is 4. The summed E-state index contributed by atoms with van der Waals surface area (Å²) >= 11 is 8.53. The predicted molar refractivity (Wildman–Crippen MR) is 83.2 cm³/mol. The second-order valence-electron chi connectivity index (χ2n) is 4.39. The molecule has 0 spiro atoms. The van der Waals surface area contributed by atoms with Crippen LogP contribution in [0.5, 0.6) is 0 Å². The minimum absolute atomic E-state index is 0.340. The van der Waals surface area contributed by atoms with Gasteiger partial charge in [0.25, 0.3) is 0 Å². The lowest BCUT2D eigenvalue weighted by atomic mass is 10.1. The highest BCUT2D eigenvalue weighted by Crippen LogP contribution is 2.33. The fourth-order valence-corrected chi connectivity index (χ4v) is 3.69. The van der Waals surface area contributed by atoms with E-state index in [0.717, 1.165) is 22.8 Å². The number of halogens is 4. The summed E-state index contributed by atoms with van der Waals surface area (Å²) in [7, 11) is 0. The zero-order chi connectivity index (χ0) is 15.7. The Morgan fingerprint density at radius 2 is 1.64 bits per heavy atom. The molecule has 2 nitrogen and oxygen atoms in total. The number of thiazole rings is 2. The molecule has 0 radical (unpaired) electrons. The van der Waals surface area contributed by atoms with E-state index in [4.69, 9.17) is 11.6 Å². The molecule has 3 rings (SSSR count). The van der Waals surface area contributed by atoms with Gasteiger partial charge in [-0.05, 0) is 12.1 Å². The van der Waals surface area contributed by atoms with Crippen LogP contribution in [0.15, 0.2) is 35.0 Å². The van der Waals surface area contributed by atoms with Crippen molar-refractivity contribution in [3.63, 3.8) is 0 Å². The Labute approximate surface area is 137 Å². The fourth-order valence-electron chi connectivity index (χ4n) is 1.79. The Balaban J connectivity index is 1.87. The lowest BCUT2D eigenvalue weighted by Crippen LogP contribution is -2.03. The van der Waals surface area contributed by atoms with Crippen LogP contribution >= 0.6 is 34.3 Å². The monoisotopic (exact) mass is 360 g/mol. The fraction of sp³-hybridized carbons (Fsp3) is 0.143. The van der Waals surface area contributed by atoms with Crippen LogP contribution in [0, 0.1) is 0 Å². The third kappa shape index (κ3) is 3.16. The topological polar surface area (TPSA) is 25.8 Å². The van der Waals surface area contributed by atoms with E-state index in [2.05, 4.69) is 9.97 Å². The molecule has 1 aromatic carbocycles. The molecule has 0 aliphatic carbocycles. The van der Waals surface area contributed by atoms with Crippen LogP contribution < -0.4 is 0 Å². The molecule has 0 aliphatic rings. The molecule has 0 unspecified atom stereocenters. The molecule has 0 aliphatic heterocycles. The van der Waals surface area contributed by atoms with Crippen molar-refractivity contribution in [3.05, 3.63) is 46.3 Å². The number of aromatic nitrogens is 2. The maximum atomic E-state index is 12.6. The van der Waals surface area contributed by atoms with Crippen LogP contribution in [-0.4, -0.2) is 9.97 Å². The van der Waals surface area contributed by atoms with E-state index < -0.39 is 11.7 Å². The van der Waals surface area contributed by atoms with E-state index in [1.165, 1.54) is 34.8 Å². The Bertz CT molecular complexity index is 778. The summed E-state index contributed by atoms with van der Waals surface area (Å²) in [6, 6.07) is 4.98. The predicted octanol–water partition coefficient (Wildman–Crippen LogP) is 5.69. The molecule has 114 valence electrons. The minimum atomic E-state index is -4.33. The van der Waals surface area contributed by atoms with Crippen molar-refractivity contribution in [1.82, 2.24) is 9.97 Å². The van der Waals surface area contributed by atoms with Gasteiger partial charge in [-0.2, -0.15) is 13.2 Å². The SMILES string of the molecule is FC(F)(F)c1ccc(-c2nc(-c3nc(CCl)cs3)cs2)cc1. The molecular formula is C14H8ClF3N2S2. The summed E-state index contributed by atoms with van der Waals surface area (Å²) in [4.78, 5) is 8.77. The van der Waals surface area contributed by atoms with Gasteiger partial charge in [0.1, 0.15) is 15.7 Å². The molecule has 0 fully saturated rings. The zero-order valence-corrected chi connectivity index (χ0v) is 13.3. The van der Waals surface area contributed by atoms with Crippen LogP contribution in [-0.2, 0) is 12.1 Å². The summed E-state index contributed by atoms with van der Waals surface area (Å²) < 4.78 is 37.7. The number of benzene rings is 1. The van der Waals surface area contributed by atoms with Gasteiger partial charge < -0.3 is 0 Å². The normalized spacial score (nSPS) is 11.8. The molecule has 2 aromatic heterocycles. The van der Waals surface area contributed by atoms with Crippen molar-refractivity contribution >= 4 is 34.3 Å². The molecule has 2 heterocycles. The van der Waals surface area contributed by atoms with Gasteiger partial charge in [-0.15, -0.1) is 34.3 Å². The molecule has 22 heavy (non-hydrogen) atoms. The first-order chi connectivity index (χ1) is 10.5. The second-order valence-corrected chi connectivity index (χ2v) is 6.37. The Hall–Kier alpha value is -1.44. The summed E-state index contributed by atoms with van der Waals surface area (Å²) in [5.41, 5.74) is 1.48. The number of alkyl halides is 4. The Kier molecular flexibility index (Phi) is 4.20. The van der Waals surface area contributed by atoms with Crippen molar-refractivity contribution in [3.8, 4) is 21.3 Å². The van der Waals surface area contributed by atoms with E-state index in [1.807, 2.05) is 10.8 Å². The van der Waals surface area contributed by atoms with Crippen molar-refractivity contribution in [2.24, 2.45) is 0 Å². The van der Waals surface area contributed by atoms with E-state index in [1.54, 1.807) is 0 Å². The quantitative estimate of drug-likeness (QED) is 0.560. The van der Waals surface area contributed by atoms with Gasteiger partial charge in [-0.3, -0.25) is 0 Å². The van der Waals surface area contributed by atoms with Gasteiger partial charge in [0.15, 0.2) is 0 Å². The molecule has 3 aromatic rings. The first-order valence-electron chi connectivity index (χ1n) is 6.11. The maximum Gasteiger partial charge on any atom is 0.416 e. The lowest BCUT2D eigenvalue weighted by molar-refractivity contribution is -0.137. The van der Waals surface area contributed by atoms with Gasteiger partial charge in [0.05, 0.1) is 17.1 Å². The highest BCUT2D eigenvalue weighted by Gasteiger charge is 2.30. The molecule has 0 saturated heterocycles. The molecule has 0 N–H and O–H groups in total. The first-order valence-corrected chi connectivity index (χ1v) is 8.40. The van der Waals surface area contributed by atoms with Crippen LogP contribution in [0.25, 0.3) is 21.3 Å². The Morgan fingerprint density at radius 3 is 2.23 bits per heavy atom. The van der Waals surface area contributed by atoms with Crippen LogP contribution in [0.3, 0.4) is 0 Å². The zero-order valence-electron chi connectivity index (χ0n) is 10.9. The van der Waals surface area contributed by atoms with Crippen LogP contribution in [0.2, 0.25) is 0 Å². The standard InChI is InChI=1S/C14H8ClF3N2S2/c15-5-10-6-21-13(19-10)11-7-22-12(20-11)8-1-3-9(4-2-8)14(16,17)18/h1-4,6-7H,5H2. The second kappa shape index (κ2) is 5.98. The van der Waals surface area contributed by atoms with E-state index in [-0.39, 0.29) is 0 Å². The summed E-state index contributed by atoms with van der Waals surface area (Å²) in [6.07, 6.45) is -4.33. The molecular weight excluding hydrogens is 353 g/mol. The highest BCUT2D eigenvalue weighted by atomic mass is 35.5. The summed E-state index contributed by atoms with van der Waals surface area (Å²) in [5.74, 6) is 0.340. The van der Waals surface area contributed by atoms with E-state index in [9.17, 15) is 13.2 Å². The number of hydrogen-bond donors (Lipinski definition) is 0. The molecule has 0 bridgehead atoms. The maximum absolute atomic E-state index is 12.6. The molecule has 0 saturated carbocycles. The number of nitrogens with zero attached hydrogens (tertiary/aromatic N) is 2.